The Morgan fingerprint density at radius 2 is 1.89 bits per heavy atom. The lowest BCUT2D eigenvalue weighted by molar-refractivity contribution is 0.112. The van der Waals surface area contributed by atoms with Crippen LogP contribution in [0.25, 0.3) is 0 Å². The van der Waals surface area contributed by atoms with Crippen molar-refractivity contribution in [3.05, 3.63) is 41.7 Å². The molecule has 0 atom stereocenters. The van der Waals surface area contributed by atoms with Crippen LogP contribution in [0.2, 0.25) is 0 Å². The topological polar surface area (TPSA) is 53.4 Å². The minimum Gasteiger partial charge on any atom is -0.497 e. The summed E-state index contributed by atoms with van der Waals surface area (Å²) < 4.78 is 12.1. The van der Waals surface area contributed by atoms with Gasteiger partial charge < -0.3 is 9.47 Å². The lowest BCUT2D eigenvalue weighted by atomic mass is 10.2. The summed E-state index contributed by atoms with van der Waals surface area (Å²) in [4.78, 5) is 10.6. The lowest BCUT2D eigenvalue weighted by Crippen LogP contribution is -2.01. The molecule has 0 unspecified atom stereocenters. The van der Waals surface area contributed by atoms with Gasteiger partial charge in [-0.2, -0.15) is 5.10 Å². The van der Waals surface area contributed by atoms with Crippen LogP contribution in [0.1, 0.15) is 15.9 Å². The molecule has 2 rings (SSSR count). The summed E-state index contributed by atoms with van der Waals surface area (Å²) in [5, 5.41) is 4.10. The van der Waals surface area contributed by atoms with Crippen LogP contribution in [0.5, 0.6) is 11.5 Å². The number of hydrogen-bond donors (Lipinski definition) is 0. The molecule has 1 aromatic heterocycles. The molecule has 0 aliphatic heterocycles. The first-order valence-corrected chi connectivity index (χ1v) is 5.44. The van der Waals surface area contributed by atoms with Crippen LogP contribution < -0.4 is 9.47 Å². The number of rotatable bonds is 5. The summed E-state index contributed by atoms with van der Waals surface area (Å²) in [5.41, 5.74) is 1.55. The molecule has 94 valence electrons. The minimum absolute atomic E-state index is 0.557. The van der Waals surface area contributed by atoms with Crippen molar-refractivity contribution in [2.75, 3.05) is 14.2 Å². The zero-order valence-electron chi connectivity index (χ0n) is 10.3. The molecule has 0 N–H and O–H groups in total. The number of carbonyl (C=O) groups is 1. The Balaban J connectivity index is 2.24. The molecule has 0 fully saturated rings. The van der Waals surface area contributed by atoms with Crippen molar-refractivity contribution in [2.24, 2.45) is 0 Å². The van der Waals surface area contributed by atoms with Crippen LogP contribution in [-0.2, 0) is 6.54 Å². The molecule has 1 aromatic carbocycles. The molecule has 1 heterocycles. The lowest BCUT2D eigenvalue weighted by Gasteiger charge is -2.08. The van der Waals surface area contributed by atoms with Crippen molar-refractivity contribution in [2.45, 2.75) is 6.54 Å². The van der Waals surface area contributed by atoms with Crippen molar-refractivity contribution in [3.63, 3.8) is 0 Å². The molecule has 5 nitrogen and oxygen atoms in total. The Hall–Kier alpha value is -2.30. The van der Waals surface area contributed by atoms with E-state index in [9.17, 15) is 4.79 Å². The quantitative estimate of drug-likeness (QED) is 0.754. The molecule has 2 aromatic rings. The molecular weight excluding hydrogens is 232 g/mol. The van der Waals surface area contributed by atoms with Crippen molar-refractivity contribution in [3.8, 4) is 11.5 Å². The van der Waals surface area contributed by atoms with E-state index in [1.807, 2.05) is 18.2 Å². The SMILES string of the molecule is COc1cc(Cn2cc(C=O)cn2)cc(OC)c1. The van der Waals surface area contributed by atoms with Gasteiger partial charge in [0.05, 0.1) is 32.5 Å². The molecule has 0 saturated carbocycles. The fraction of sp³-hybridized carbons (Fsp3) is 0.231. The van der Waals surface area contributed by atoms with Gasteiger partial charge in [0.25, 0.3) is 0 Å². The summed E-state index contributed by atoms with van der Waals surface area (Å²) in [6.45, 7) is 0.557. The van der Waals surface area contributed by atoms with Gasteiger partial charge in [0, 0.05) is 12.3 Å². The van der Waals surface area contributed by atoms with E-state index in [0.717, 1.165) is 23.3 Å². The number of hydrogen-bond acceptors (Lipinski definition) is 4. The second kappa shape index (κ2) is 5.35. The highest BCUT2D eigenvalue weighted by atomic mass is 16.5. The Morgan fingerprint density at radius 1 is 1.22 bits per heavy atom. The molecule has 0 aliphatic carbocycles. The minimum atomic E-state index is 0.557. The van der Waals surface area contributed by atoms with E-state index in [0.29, 0.717) is 12.1 Å². The fourth-order valence-electron chi connectivity index (χ4n) is 1.67. The summed E-state index contributed by atoms with van der Waals surface area (Å²) in [7, 11) is 3.22. The number of nitrogens with zero attached hydrogens (tertiary/aromatic N) is 2. The molecule has 5 heteroatoms. The smallest absolute Gasteiger partial charge is 0.153 e. The van der Waals surface area contributed by atoms with Crippen molar-refractivity contribution in [1.82, 2.24) is 9.78 Å². The Labute approximate surface area is 105 Å². The van der Waals surface area contributed by atoms with Gasteiger partial charge in [-0.25, -0.2) is 0 Å². The van der Waals surface area contributed by atoms with E-state index in [2.05, 4.69) is 5.10 Å². The second-order valence-electron chi connectivity index (χ2n) is 3.81. The molecule has 0 saturated heterocycles. The van der Waals surface area contributed by atoms with Crippen LogP contribution in [0.4, 0.5) is 0 Å². The van der Waals surface area contributed by atoms with Crippen molar-refractivity contribution < 1.29 is 14.3 Å². The fourth-order valence-corrected chi connectivity index (χ4v) is 1.67. The van der Waals surface area contributed by atoms with E-state index in [1.54, 1.807) is 25.1 Å². The van der Waals surface area contributed by atoms with E-state index >= 15 is 0 Å². The van der Waals surface area contributed by atoms with Crippen molar-refractivity contribution in [1.29, 1.82) is 0 Å². The highest BCUT2D eigenvalue weighted by Gasteiger charge is 2.04. The van der Waals surface area contributed by atoms with Gasteiger partial charge in [-0.3, -0.25) is 9.48 Å². The molecule has 0 spiro atoms. The monoisotopic (exact) mass is 246 g/mol. The third kappa shape index (κ3) is 2.68. The van der Waals surface area contributed by atoms with E-state index in [4.69, 9.17) is 9.47 Å². The first kappa shape index (κ1) is 12.2. The van der Waals surface area contributed by atoms with Gasteiger partial charge in [0.15, 0.2) is 6.29 Å². The number of aldehydes is 1. The third-order valence-corrected chi connectivity index (χ3v) is 2.55. The van der Waals surface area contributed by atoms with Gasteiger partial charge in [-0.15, -0.1) is 0 Å². The van der Waals surface area contributed by atoms with Crippen LogP contribution >= 0.6 is 0 Å². The van der Waals surface area contributed by atoms with E-state index < -0.39 is 0 Å². The van der Waals surface area contributed by atoms with Gasteiger partial charge in [0.2, 0.25) is 0 Å². The summed E-state index contributed by atoms with van der Waals surface area (Å²) in [6.07, 6.45) is 4.00. The van der Waals surface area contributed by atoms with Gasteiger partial charge in [-0.05, 0) is 17.7 Å². The number of aromatic nitrogens is 2. The Morgan fingerprint density at radius 3 is 2.39 bits per heavy atom. The predicted molar refractivity (Wildman–Crippen MR) is 66.3 cm³/mol. The maximum atomic E-state index is 10.6. The first-order valence-electron chi connectivity index (χ1n) is 5.44. The number of methoxy groups -OCH3 is 2. The molecule has 0 aliphatic rings. The molecular formula is C13H14N2O3. The highest BCUT2D eigenvalue weighted by Crippen LogP contribution is 2.22. The standard InChI is InChI=1S/C13H14N2O3/c1-17-12-3-10(4-13(5-12)18-2)7-15-8-11(9-16)6-14-15/h3-6,8-9H,7H2,1-2H3. The normalized spacial score (nSPS) is 10.1. The summed E-state index contributed by atoms with van der Waals surface area (Å²) >= 11 is 0. The van der Waals surface area contributed by atoms with Gasteiger partial charge in [0.1, 0.15) is 11.5 Å². The van der Waals surface area contributed by atoms with Gasteiger partial charge in [-0.1, -0.05) is 0 Å². The number of carbonyl (C=O) groups excluding carboxylic acids is 1. The Kier molecular flexibility index (Phi) is 3.62. The molecule has 18 heavy (non-hydrogen) atoms. The van der Waals surface area contributed by atoms with Crippen LogP contribution in [-0.4, -0.2) is 30.3 Å². The van der Waals surface area contributed by atoms with E-state index in [1.165, 1.54) is 6.20 Å². The molecule has 0 bridgehead atoms. The summed E-state index contributed by atoms with van der Waals surface area (Å²) in [5.74, 6) is 1.46. The zero-order chi connectivity index (χ0) is 13.0. The second-order valence-corrected chi connectivity index (χ2v) is 3.81. The van der Waals surface area contributed by atoms with Crippen molar-refractivity contribution >= 4 is 6.29 Å². The third-order valence-electron chi connectivity index (χ3n) is 2.55. The summed E-state index contributed by atoms with van der Waals surface area (Å²) in [6, 6.07) is 5.62. The van der Waals surface area contributed by atoms with Crippen LogP contribution in [0.15, 0.2) is 30.6 Å². The maximum absolute atomic E-state index is 10.6. The predicted octanol–water partition coefficient (Wildman–Crippen LogP) is 1.76. The molecule has 0 amide bonds. The van der Waals surface area contributed by atoms with Crippen LogP contribution in [0, 0.1) is 0 Å². The average Bonchev–Trinajstić information content (AvgIpc) is 2.85. The average molecular weight is 246 g/mol. The maximum Gasteiger partial charge on any atom is 0.153 e. The van der Waals surface area contributed by atoms with Gasteiger partial charge >= 0.3 is 0 Å². The Bertz CT molecular complexity index is 527. The zero-order valence-corrected chi connectivity index (χ0v) is 10.3. The first-order chi connectivity index (χ1) is 8.75. The highest BCUT2D eigenvalue weighted by molar-refractivity contribution is 5.73. The number of ether oxygens (including phenoxy) is 2. The van der Waals surface area contributed by atoms with Crippen LogP contribution in [0.3, 0.4) is 0 Å². The molecule has 0 radical (unpaired) electrons. The largest absolute Gasteiger partial charge is 0.497 e. The van der Waals surface area contributed by atoms with E-state index in [-0.39, 0.29) is 0 Å². The number of benzene rings is 1.